The Bertz CT molecular complexity index is 1250. The van der Waals surface area contributed by atoms with E-state index in [2.05, 4.69) is 11.4 Å². The minimum absolute atomic E-state index is 0.0332. The number of hydrogen-bond donors (Lipinski definition) is 1. The molecule has 0 bridgehead atoms. The monoisotopic (exact) mass is 489 g/mol. The maximum Gasteiger partial charge on any atom is 0.253 e. The van der Waals surface area contributed by atoms with Crippen molar-refractivity contribution in [1.82, 2.24) is 14.4 Å². The Kier molecular flexibility index (Phi) is 7.54. The molecule has 0 unspecified atom stereocenters. The van der Waals surface area contributed by atoms with Gasteiger partial charge >= 0.3 is 0 Å². The van der Waals surface area contributed by atoms with Crippen LogP contribution in [0.15, 0.2) is 54.6 Å². The first kappa shape index (κ1) is 24.5. The van der Waals surface area contributed by atoms with Crippen molar-refractivity contribution in [2.75, 3.05) is 38.0 Å². The Balaban J connectivity index is 1.39. The summed E-state index contributed by atoms with van der Waals surface area (Å²) in [7, 11) is 0. The molecule has 1 aromatic heterocycles. The number of anilines is 1. The van der Waals surface area contributed by atoms with Gasteiger partial charge in [0.2, 0.25) is 5.91 Å². The van der Waals surface area contributed by atoms with E-state index in [1.165, 1.54) is 0 Å². The van der Waals surface area contributed by atoms with Gasteiger partial charge in [0.25, 0.3) is 5.91 Å². The summed E-state index contributed by atoms with van der Waals surface area (Å²) in [6, 6.07) is 19.1. The summed E-state index contributed by atoms with van der Waals surface area (Å²) in [5.41, 5.74) is 4.01. The first-order valence-corrected chi connectivity index (χ1v) is 12.0. The molecule has 0 aliphatic carbocycles. The van der Waals surface area contributed by atoms with Crippen molar-refractivity contribution in [3.8, 4) is 6.07 Å². The van der Waals surface area contributed by atoms with Crippen LogP contribution in [0.5, 0.6) is 0 Å². The van der Waals surface area contributed by atoms with E-state index < -0.39 is 0 Å². The molecule has 35 heavy (non-hydrogen) atoms. The molecule has 1 aliphatic heterocycles. The van der Waals surface area contributed by atoms with Crippen molar-refractivity contribution in [1.29, 1.82) is 5.26 Å². The van der Waals surface area contributed by atoms with Crippen molar-refractivity contribution in [2.24, 2.45) is 0 Å². The Labute approximate surface area is 210 Å². The predicted octanol–water partition coefficient (Wildman–Crippen LogP) is 4.07. The van der Waals surface area contributed by atoms with E-state index in [1.54, 1.807) is 29.2 Å². The number of carbonyl (C=O) groups is 2. The van der Waals surface area contributed by atoms with Gasteiger partial charge in [0, 0.05) is 49.0 Å². The summed E-state index contributed by atoms with van der Waals surface area (Å²) in [5.74, 6) is 0.327. The van der Waals surface area contributed by atoms with Gasteiger partial charge in [0.05, 0.1) is 12.1 Å². The van der Waals surface area contributed by atoms with Crippen molar-refractivity contribution < 1.29 is 9.59 Å². The van der Waals surface area contributed by atoms with E-state index >= 15 is 0 Å². The van der Waals surface area contributed by atoms with Crippen molar-refractivity contribution in [3.63, 3.8) is 0 Å². The third-order valence-electron chi connectivity index (χ3n) is 6.50. The van der Waals surface area contributed by atoms with E-state index in [-0.39, 0.29) is 18.4 Å². The van der Waals surface area contributed by atoms with Gasteiger partial charge in [-0.05, 0) is 49.2 Å². The average Bonchev–Trinajstić information content (AvgIpc) is 3.08. The van der Waals surface area contributed by atoms with Crippen LogP contribution in [0, 0.1) is 25.2 Å². The van der Waals surface area contributed by atoms with Gasteiger partial charge in [-0.1, -0.05) is 41.9 Å². The number of carbonyl (C=O) groups excluding carboxylic acids is 2. The lowest BCUT2D eigenvalue weighted by Gasteiger charge is -2.34. The molecule has 2 aromatic carbocycles. The fourth-order valence-corrected chi connectivity index (χ4v) is 4.48. The van der Waals surface area contributed by atoms with E-state index in [0.717, 1.165) is 16.8 Å². The molecule has 3 aromatic rings. The Hall–Kier alpha value is -3.60. The van der Waals surface area contributed by atoms with Crippen LogP contribution in [0.2, 0.25) is 5.02 Å². The predicted molar refractivity (Wildman–Crippen MR) is 137 cm³/mol. The molecule has 2 amide bonds. The van der Waals surface area contributed by atoms with Crippen LogP contribution in [0.3, 0.4) is 0 Å². The molecule has 2 heterocycles. The number of benzene rings is 2. The lowest BCUT2D eigenvalue weighted by Crippen LogP contribution is -2.50. The summed E-state index contributed by atoms with van der Waals surface area (Å²) < 4.78 is 1.99. The fourth-order valence-electron chi connectivity index (χ4n) is 4.35. The standard InChI is InChI=1S/C27H28ClN5O2/c1-19-20(2)33(17-21-6-4-3-5-7-21)26(24(19)16-29)30-25(34)18-31-12-14-32(15-13-31)27(35)22-8-10-23(28)11-9-22/h3-11H,12-15,17-18H2,1-2H3,(H,30,34). The number of rotatable bonds is 6. The summed E-state index contributed by atoms with van der Waals surface area (Å²) in [6.07, 6.45) is 0. The molecular weight excluding hydrogens is 462 g/mol. The average molecular weight is 490 g/mol. The first-order valence-electron chi connectivity index (χ1n) is 11.6. The smallest absolute Gasteiger partial charge is 0.253 e. The fraction of sp³-hybridized carbons (Fsp3) is 0.296. The SMILES string of the molecule is Cc1c(C#N)c(NC(=O)CN2CCN(C(=O)c3ccc(Cl)cc3)CC2)n(Cc2ccccc2)c1C. The van der Waals surface area contributed by atoms with Gasteiger partial charge in [0.15, 0.2) is 0 Å². The number of halogens is 1. The van der Waals surface area contributed by atoms with Crippen LogP contribution in [0.4, 0.5) is 5.82 Å². The minimum atomic E-state index is -0.175. The quantitative estimate of drug-likeness (QED) is 0.565. The highest BCUT2D eigenvalue weighted by molar-refractivity contribution is 6.30. The van der Waals surface area contributed by atoms with Crippen LogP contribution < -0.4 is 5.32 Å². The minimum Gasteiger partial charge on any atom is -0.336 e. The van der Waals surface area contributed by atoms with Crippen LogP contribution in [-0.4, -0.2) is 58.9 Å². The molecule has 7 nitrogen and oxygen atoms in total. The Morgan fingerprint density at radius 1 is 1.00 bits per heavy atom. The Morgan fingerprint density at radius 2 is 1.66 bits per heavy atom. The zero-order valence-electron chi connectivity index (χ0n) is 19.9. The third kappa shape index (κ3) is 5.56. The van der Waals surface area contributed by atoms with Gasteiger partial charge in [-0.15, -0.1) is 0 Å². The van der Waals surface area contributed by atoms with E-state index in [1.807, 2.05) is 53.6 Å². The number of amides is 2. The highest BCUT2D eigenvalue weighted by atomic mass is 35.5. The first-order chi connectivity index (χ1) is 16.9. The summed E-state index contributed by atoms with van der Waals surface area (Å²) in [4.78, 5) is 29.5. The number of hydrogen-bond acceptors (Lipinski definition) is 4. The normalized spacial score (nSPS) is 13.9. The maximum absolute atomic E-state index is 13.0. The molecule has 0 saturated carbocycles. The highest BCUT2D eigenvalue weighted by Crippen LogP contribution is 2.27. The van der Waals surface area contributed by atoms with Gasteiger partial charge in [-0.2, -0.15) is 5.26 Å². The molecule has 8 heteroatoms. The van der Waals surface area contributed by atoms with Crippen molar-refractivity contribution in [2.45, 2.75) is 20.4 Å². The van der Waals surface area contributed by atoms with Crippen molar-refractivity contribution >= 4 is 29.2 Å². The molecule has 0 spiro atoms. The molecule has 4 rings (SSSR count). The largest absolute Gasteiger partial charge is 0.336 e. The third-order valence-corrected chi connectivity index (χ3v) is 6.75. The molecule has 1 saturated heterocycles. The topological polar surface area (TPSA) is 81.4 Å². The van der Waals surface area contributed by atoms with E-state index in [4.69, 9.17) is 11.6 Å². The summed E-state index contributed by atoms with van der Waals surface area (Å²) >= 11 is 5.92. The second-order valence-electron chi connectivity index (χ2n) is 8.74. The van der Waals surface area contributed by atoms with Gasteiger partial charge in [0.1, 0.15) is 11.9 Å². The zero-order chi connectivity index (χ0) is 24.9. The number of aromatic nitrogens is 1. The van der Waals surface area contributed by atoms with Gasteiger partial charge < -0.3 is 14.8 Å². The number of nitrogens with one attached hydrogen (secondary N) is 1. The highest BCUT2D eigenvalue weighted by Gasteiger charge is 2.25. The molecule has 0 radical (unpaired) electrons. The molecular formula is C27H28ClN5O2. The summed E-state index contributed by atoms with van der Waals surface area (Å²) in [5, 5.41) is 13.3. The number of piperazine rings is 1. The lowest BCUT2D eigenvalue weighted by molar-refractivity contribution is -0.117. The molecule has 1 N–H and O–H groups in total. The maximum atomic E-state index is 13.0. The zero-order valence-corrected chi connectivity index (χ0v) is 20.7. The van der Waals surface area contributed by atoms with Crippen LogP contribution in [-0.2, 0) is 11.3 Å². The Morgan fingerprint density at radius 3 is 2.29 bits per heavy atom. The van der Waals surface area contributed by atoms with Gasteiger partial charge in [-0.3, -0.25) is 14.5 Å². The van der Waals surface area contributed by atoms with Crippen LogP contribution >= 0.6 is 11.6 Å². The van der Waals surface area contributed by atoms with Crippen LogP contribution in [0.25, 0.3) is 0 Å². The number of nitrogens with zero attached hydrogens (tertiary/aromatic N) is 4. The number of nitriles is 1. The molecule has 180 valence electrons. The summed E-state index contributed by atoms with van der Waals surface area (Å²) in [6.45, 7) is 6.91. The van der Waals surface area contributed by atoms with Gasteiger partial charge in [-0.25, -0.2) is 0 Å². The van der Waals surface area contributed by atoms with Crippen LogP contribution in [0.1, 0.15) is 32.7 Å². The van der Waals surface area contributed by atoms with E-state index in [0.29, 0.717) is 54.7 Å². The molecule has 0 atom stereocenters. The molecule has 1 aliphatic rings. The second-order valence-corrected chi connectivity index (χ2v) is 9.18. The molecule has 1 fully saturated rings. The lowest BCUT2D eigenvalue weighted by atomic mass is 10.2. The second kappa shape index (κ2) is 10.8. The van der Waals surface area contributed by atoms with Crippen molar-refractivity contribution in [3.05, 3.63) is 87.6 Å². The van der Waals surface area contributed by atoms with E-state index in [9.17, 15) is 14.9 Å².